The van der Waals surface area contributed by atoms with Crippen molar-refractivity contribution in [1.29, 1.82) is 0 Å². The molecule has 0 aliphatic heterocycles. The number of primary amides is 1. The van der Waals surface area contributed by atoms with Gasteiger partial charge in [0.05, 0.1) is 12.7 Å². The predicted octanol–water partition coefficient (Wildman–Crippen LogP) is 2.36. The fourth-order valence-electron chi connectivity index (χ4n) is 4.61. The van der Waals surface area contributed by atoms with Gasteiger partial charge in [-0.1, -0.05) is 19.6 Å². The SMILES string of the molecule is C.COC(=O)c1ccc2c(c1)CC[C@@H]2N.Cc1nc2cc(CNC(=O)c3cc(C(=O)O)n4nc(C(N)=O)nc4n3)ccc2o1. The maximum absolute atomic E-state index is 12.5. The zero-order valence-electron chi connectivity index (χ0n) is 23.0. The van der Waals surface area contributed by atoms with Crippen LogP contribution in [0.2, 0.25) is 0 Å². The number of nitrogens with one attached hydrogen (secondary N) is 1. The number of carboxylic acid groups (broad SMARTS) is 1. The molecular weight excluding hydrogens is 572 g/mol. The third kappa shape index (κ3) is 6.37. The molecule has 0 unspecified atom stereocenters. The first kappa shape index (κ1) is 31.2. The largest absolute Gasteiger partial charge is 0.477 e. The molecule has 0 saturated carbocycles. The van der Waals surface area contributed by atoms with Crippen LogP contribution < -0.4 is 16.8 Å². The molecule has 15 nitrogen and oxygen atoms in total. The van der Waals surface area contributed by atoms with E-state index in [4.69, 9.17) is 15.9 Å². The fraction of sp³-hybridized carbons (Fsp3) is 0.241. The number of fused-ring (bicyclic) bond motifs is 3. The smallest absolute Gasteiger partial charge is 0.354 e. The summed E-state index contributed by atoms with van der Waals surface area (Å²) < 4.78 is 10.9. The number of oxazole rings is 1. The molecule has 3 heterocycles. The van der Waals surface area contributed by atoms with Crippen LogP contribution in [0.15, 0.2) is 46.9 Å². The molecule has 0 saturated heterocycles. The summed E-state index contributed by atoms with van der Waals surface area (Å²) in [5.74, 6) is -3.35. The number of carbonyl (C=O) groups excluding carboxylic acids is 3. The number of nitrogens with two attached hydrogens (primary N) is 2. The Bertz CT molecular complexity index is 1910. The van der Waals surface area contributed by atoms with Crippen LogP contribution in [-0.2, 0) is 17.7 Å². The highest BCUT2D eigenvalue weighted by Crippen LogP contribution is 2.29. The third-order valence-corrected chi connectivity index (χ3v) is 6.68. The van der Waals surface area contributed by atoms with Crippen molar-refractivity contribution in [3.05, 3.63) is 87.8 Å². The molecule has 5 aromatic rings. The van der Waals surface area contributed by atoms with E-state index in [2.05, 4.69) is 30.1 Å². The van der Waals surface area contributed by atoms with Gasteiger partial charge in [0.25, 0.3) is 17.6 Å². The first-order chi connectivity index (χ1) is 20.5. The Morgan fingerprint density at radius 1 is 1.11 bits per heavy atom. The Hall–Kier alpha value is -5.70. The molecule has 2 aromatic carbocycles. The highest BCUT2D eigenvalue weighted by Gasteiger charge is 2.21. The number of hydrogen-bond acceptors (Lipinski definition) is 11. The van der Waals surface area contributed by atoms with Crippen LogP contribution >= 0.6 is 0 Å². The molecule has 44 heavy (non-hydrogen) atoms. The summed E-state index contributed by atoms with van der Waals surface area (Å²) in [6.07, 6.45) is 1.93. The monoisotopic (exact) mass is 602 g/mol. The van der Waals surface area contributed by atoms with E-state index >= 15 is 0 Å². The summed E-state index contributed by atoms with van der Waals surface area (Å²) in [5, 5.41) is 15.7. The van der Waals surface area contributed by atoms with E-state index in [1.807, 2.05) is 12.1 Å². The Balaban J connectivity index is 0.000000248. The number of carbonyl (C=O) groups is 4. The average molecular weight is 603 g/mol. The van der Waals surface area contributed by atoms with Crippen LogP contribution in [0.4, 0.5) is 0 Å². The lowest BCUT2D eigenvalue weighted by Gasteiger charge is -2.06. The number of esters is 1. The van der Waals surface area contributed by atoms with Crippen molar-refractivity contribution in [3.63, 3.8) is 0 Å². The molecule has 0 fully saturated rings. The van der Waals surface area contributed by atoms with Crippen molar-refractivity contribution in [3.8, 4) is 0 Å². The van der Waals surface area contributed by atoms with Crippen LogP contribution in [-0.4, -0.2) is 60.5 Å². The molecule has 6 N–H and O–H groups in total. The highest BCUT2D eigenvalue weighted by molar-refractivity contribution is 5.96. The molecule has 1 atom stereocenters. The van der Waals surface area contributed by atoms with Gasteiger partial charge in [-0.3, -0.25) is 9.59 Å². The quantitative estimate of drug-likeness (QED) is 0.205. The Labute approximate surface area is 250 Å². The first-order valence-corrected chi connectivity index (χ1v) is 13.0. The summed E-state index contributed by atoms with van der Waals surface area (Å²) in [6.45, 7) is 1.88. The normalized spacial score (nSPS) is 13.4. The number of nitrogens with zero attached hydrogens (tertiary/aromatic N) is 5. The van der Waals surface area contributed by atoms with Gasteiger partial charge in [0.2, 0.25) is 5.82 Å². The van der Waals surface area contributed by atoms with Crippen molar-refractivity contribution in [2.24, 2.45) is 11.5 Å². The minimum absolute atomic E-state index is 0. The van der Waals surface area contributed by atoms with Gasteiger partial charge in [-0.25, -0.2) is 19.6 Å². The van der Waals surface area contributed by atoms with Gasteiger partial charge < -0.3 is 31.0 Å². The molecule has 0 bridgehead atoms. The highest BCUT2D eigenvalue weighted by atomic mass is 16.5. The molecule has 1 aliphatic carbocycles. The number of carboxylic acids is 1. The zero-order valence-corrected chi connectivity index (χ0v) is 23.0. The lowest BCUT2D eigenvalue weighted by Crippen LogP contribution is -2.25. The molecule has 0 radical (unpaired) electrons. The number of rotatable bonds is 6. The molecular formula is C29H30N8O7. The van der Waals surface area contributed by atoms with E-state index in [-0.39, 0.29) is 43.1 Å². The molecule has 3 aromatic heterocycles. The van der Waals surface area contributed by atoms with E-state index in [0.717, 1.165) is 34.6 Å². The summed E-state index contributed by atoms with van der Waals surface area (Å²) in [7, 11) is 1.39. The van der Waals surface area contributed by atoms with Gasteiger partial charge in [0, 0.05) is 25.6 Å². The number of aryl methyl sites for hydroxylation is 2. The number of aromatic carboxylic acids is 1. The molecule has 6 rings (SSSR count). The molecule has 0 spiro atoms. The number of aromatic nitrogens is 5. The number of amides is 2. The maximum Gasteiger partial charge on any atom is 0.354 e. The summed E-state index contributed by atoms with van der Waals surface area (Å²) in [5.41, 5.74) is 15.4. The van der Waals surface area contributed by atoms with E-state index in [1.54, 1.807) is 31.2 Å². The second-order valence-electron chi connectivity index (χ2n) is 9.61. The van der Waals surface area contributed by atoms with Crippen LogP contribution in [0.3, 0.4) is 0 Å². The molecule has 1 aliphatic rings. The Morgan fingerprint density at radius 3 is 2.59 bits per heavy atom. The van der Waals surface area contributed by atoms with E-state index in [9.17, 15) is 24.3 Å². The van der Waals surface area contributed by atoms with E-state index in [0.29, 0.717) is 22.6 Å². The van der Waals surface area contributed by atoms with Gasteiger partial charge in [0.1, 0.15) is 11.2 Å². The fourth-order valence-corrected chi connectivity index (χ4v) is 4.61. The van der Waals surface area contributed by atoms with Crippen molar-refractivity contribution in [1.82, 2.24) is 29.9 Å². The number of ether oxygens (including phenoxy) is 1. The lowest BCUT2D eigenvalue weighted by molar-refractivity contribution is 0.0599. The average Bonchev–Trinajstić information content (AvgIpc) is 3.70. The van der Waals surface area contributed by atoms with Gasteiger partial charge in [-0.05, 0) is 53.8 Å². The predicted molar refractivity (Wildman–Crippen MR) is 156 cm³/mol. The van der Waals surface area contributed by atoms with E-state index < -0.39 is 23.6 Å². The molecule has 228 valence electrons. The number of methoxy groups -OCH3 is 1. The van der Waals surface area contributed by atoms with Gasteiger partial charge in [-0.2, -0.15) is 9.50 Å². The number of hydrogen-bond donors (Lipinski definition) is 4. The van der Waals surface area contributed by atoms with Crippen LogP contribution in [0, 0.1) is 6.92 Å². The Morgan fingerprint density at radius 2 is 1.89 bits per heavy atom. The zero-order chi connectivity index (χ0) is 30.8. The minimum atomic E-state index is -1.38. The molecule has 15 heteroatoms. The van der Waals surface area contributed by atoms with Crippen LogP contribution in [0.5, 0.6) is 0 Å². The lowest BCUT2D eigenvalue weighted by atomic mass is 10.1. The van der Waals surface area contributed by atoms with Crippen LogP contribution in [0.1, 0.15) is 84.4 Å². The first-order valence-electron chi connectivity index (χ1n) is 13.0. The number of benzene rings is 2. The third-order valence-electron chi connectivity index (χ3n) is 6.68. The summed E-state index contributed by atoms with van der Waals surface area (Å²) in [6, 6.07) is 12.0. The van der Waals surface area contributed by atoms with Gasteiger partial charge in [0.15, 0.2) is 17.2 Å². The topological polar surface area (TPSA) is 231 Å². The minimum Gasteiger partial charge on any atom is -0.477 e. The second kappa shape index (κ2) is 12.7. The second-order valence-corrected chi connectivity index (χ2v) is 9.61. The van der Waals surface area contributed by atoms with Crippen molar-refractivity contribution in [2.45, 2.75) is 39.8 Å². The molecule has 2 amide bonds. The van der Waals surface area contributed by atoms with Crippen molar-refractivity contribution in [2.75, 3.05) is 7.11 Å². The van der Waals surface area contributed by atoms with Gasteiger partial charge in [-0.15, -0.1) is 5.10 Å². The summed E-state index contributed by atoms with van der Waals surface area (Å²) in [4.78, 5) is 58.4. The van der Waals surface area contributed by atoms with Crippen molar-refractivity contribution >= 4 is 40.6 Å². The van der Waals surface area contributed by atoms with Gasteiger partial charge >= 0.3 is 11.9 Å². The van der Waals surface area contributed by atoms with E-state index in [1.165, 1.54) is 12.7 Å². The summed E-state index contributed by atoms with van der Waals surface area (Å²) >= 11 is 0. The Kier molecular flexibility index (Phi) is 8.99. The standard InChI is InChI=1S/C17H13N7O5.C11H13NO2.CH4/c1-7-20-9-4-8(2-3-12(9)29-7)6-19-15(26)10-5-11(16(27)28)24-17(21-10)22-14(23-24)13(18)25;1-14-11(13)8-2-4-9-7(6-8)3-5-10(9)12;/h2-5H,6H2,1H3,(H2,18,25)(H,19,26)(H,27,28);2,4,6,10H,3,5,12H2,1H3;1H4/t;10-;/m.0./s1. The van der Waals surface area contributed by atoms with Crippen LogP contribution in [0.25, 0.3) is 16.9 Å². The maximum atomic E-state index is 12.5. The van der Waals surface area contributed by atoms with Crippen molar-refractivity contribution < 1.29 is 33.4 Å².